The molecule has 1 atom stereocenters. The van der Waals surface area contributed by atoms with E-state index in [0.717, 1.165) is 42.7 Å². The molecule has 1 aliphatic heterocycles. The van der Waals surface area contributed by atoms with Gasteiger partial charge in [0.2, 0.25) is 5.95 Å². The van der Waals surface area contributed by atoms with Crippen LogP contribution < -0.4 is 15.0 Å². The summed E-state index contributed by atoms with van der Waals surface area (Å²) in [6.45, 7) is 4.97. The summed E-state index contributed by atoms with van der Waals surface area (Å²) in [7, 11) is 1.66. The third kappa shape index (κ3) is 2.46. The number of hydrogen-bond acceptors (Lipinski definition) is 5. The Morgan fingerprint density at radius 1 is 1.35 bits per heavy atom. The summed E-state index contributed by atoms with van der Waals surface area (Å²) in [6, 6.07) is 8.26. The molecule has 3 rings (SSSR count). The van der Waals surface area contributed by atoms with E-state index in [9.17, 15) is 0 Å². The van der Waals surface area contributed by atoms with E-state index >= 15 is 0 Å². The highest BCUT2D eigenvalue weighted by Gasteiger charge is 2.20. The SMILES string of the molecule is COc1ccccc1-c1nc(N2CCNC(C)C2)n[nH]1. The van der Waals surface area contributed by atoms with Crippen LogP contribution in [-0.2, 0) is 0 Å². The average molecular weight is 273 g/mol. The zero-order valence-electron chi connectivity index (χ0n) is 11.8. The molecule has 1 aromatic heterocycles. The molecule has 0 bridgehead atoms. The fraction of sp³-hybridized carbons (Fsp3) is 0.429. The summed E-state index contributed by atoms with van der Waals surface area (Å²) in [5.41, 5.74) is 0.928. The van der Waals surface area contributed by atoms with Crippen LogP contribution in [0, 0.1) is 0 Å². The Morgan fingerprint density at radius 2 is 2.20 bits per heavy atom. The molecule has 2 aromatic rings. The molecule has 6 heteroatoms. The summed E-state index contributed by atoms with van der Waals surface area (Å²) >= 11 is 0. The largest absolute Gasteiger partial charge is 0.496 e. The van der Waals surface area contributed by atoms with Crippen LogP contribution in [0.15, 0.2) is 24.3 Å². The smallest absolute Gasteiger partial charge is 0.245 e. The molecule has 0 radical (unpaired) electrons. The molecule has 2 heterocycles. The number of H-pyrrole nitrogens is 1. The lowest BCUT2D eigenvalue weighted by molar-refractivity contribution is 0.416. The molecular formula is C14H19N5O. The van der Waals surface area contributed by atoms with E-state index in [0.29, 0.717) is 6.04 Å². The van der Waals surface area contributed by atoms with Crippen LogP contribution in [0.25, 0.3) is 11.4 Å². The van der Waals surface area contributed by atoms with Crippen molar-refractivity contribution in [2.24, 2.45) is 0 Å². The van der Waals surface area contributed by atoms with E-state index in [2.05, 4.69) is 32.3 Å². The van der Waals surface area contributed by atoms with E-state index in [-0.39, 0.29) is 0 Å². The van der Waals surface area contributed by atoms with Crippen LogP contribution in [0.2, 0.25) is 0 Å². The van der Waals surface area contributed by atoms with Gasteiger partial charge >= 0.3 is 0 Å². The molecule has 1 aromatic carbocycles. The van der Waals surface area contributed by atoms with Gasteiger partial charge in [0.25, 0.3) is 0 Å². The second kappa shape index (κ2) is 5.50. The normalized spacial score (nSPS) is 19.1. The van der Waals surface area contributed by atoms with Gasteiger partial charge in [-0.05, 0) is 19.1 Å². The summed E-state index contributed by atoms with van der Waals surface area (Å²) in [5, 5.41) is 10.7. The lowest BCUT2D eigenvalue weighted by atomic mass is 10.2. The summed E-state index contributed by atoms with van der Waals surface area (Å²) in [6.07, 6.45) is 0. The van der Waals surface area contributed by atoms with E-state index in [1.165, 1.54) is 0 Å². The fourth-order valence-corrected chi connectivity index (χ4v) is 2.47. The number of aromatic amines is 1. The minimum absolute atomic E-state index is 0.456. The van der Waals surface area contributed by atoms with Gasteiger partial charge in [-0.25, -0.2) is 0 Å². The van der Waals surface area contributed by atoms with Crippen molar-refractivity contribution in [3.63, 3.8) is 0 Å². The van der Waals surface area contributed by atoms with Crippen LogP contribution in [0.3, 0.4) is 0 Å². The Morgan fingerprint density at radius 3 is 3.00 bits per heavy atom. The van der Waals surface area contributed by atoms with E-state index in [1.807, 2.05) is 24.3 Å². The number of nitrogens with zero attached hydrogens (tertiary/aromatic N) is 3. The molecule has 6 nitrogen and oxygen atoms in total. The van der Waals surface area contributed by atoms with Crippen LogP contribution in [0.4, 0.5) is 5.95 Å². The number of aromatic nitrogens is 3. The van der Waals surface area contributed by atoms with E-state index < -0.39 is 0 Å². The maximum Gasteiger partial charge on any atom is 0.245 e. The first-order valence-electron chi connectivity index (χ1n) is 6.82. The Labute approximate surface area is 118 Å². The maximum atomic E-state index is 5.36. The van der Waals surface area contributed by atoms with Crippen LogP contribution in [-0.4, -0.2) is 48.0 Å². The van der Waals surface area contributed by atoms with Crippen LogP contribution in [0.1, 0.15) is 6.92 Å². The van der Waals surface area contributed by atoms with Gasteiger partial charge in [-0.15, -0.1) is 5.10 Å². The van der Waals surface area contributed by atoms with E-state index in [4.69, 9.17) is 4.74 Å². The minimum Gasteiger partial charge on any atom is -0.496 e. The van der Waals surface area contributed by atoms with E-state index in [1.54, 1.807) is 7.11 Å². The topological polar surface area (TPSA) is 66.1 Å². The third-order valence-electron chi connectivity index (χ3n) is 3.49. The zero-order valence-corrected chi connectivity index (χ0v) is 11.8. The highest BCUT2D eigenvalue weighted by atomic mass is 16.5. The van der Waals surface area contributed by atoms with Gasteiger partial charge in [0, 0.05) is 25.7 Å². The Kier molecular flexibility index (Phi) is 3.56. The molecular weight excluding hydrogens is 254 g/mol. The number of methoxy groups -OCH3 is 1. The van der Waals surface area contributed by atoms with Crippen molar-refractivity contribution < 1.29 is 4.74 Å². The Hall–Kier alpha value is -2.08. The lowest BCUT2D eigenvalue weighted by Crippen LogP contribution is -2.49. The minimum atomic E-state index is 0.456. The number of anilines is 1. The number of nitrogens with one attached hydrogen (secondary N) is 2. The van der Waals surface area contributed by atoms with Crippen LogP contribution >= 0.6 is 0 Å². The van der Waals surface area contributed by atoms with Crippen LogP contribution in [0.5, 0.6) is 5.75 Å². The van der Waals surface area contributed by atoms with Gasteiger partial charge in [-0.3, -0.25) is 5.10 Å². The fourth-order valence-electron chi connectivity index (χ4n) is 2.47. The molecule has 1 fully saturated rings. The molecule has 0 aliphatic carbocycles. The summed E-state index contributed by atoms with van der Waals surface area (Å²) in [4.78, 5) is 6.79. The quantitative estimate of drug-likeness (QED) is 0.882. The standard InChI is InChI=1S/C14H19N5O/c1-10-9-19(8-7-15-10)14-16-13(17-18-14)11-5-3-4-6-12(11)20-2/h3-6,10,15H,7-9H2,1-2H3,(H,16,17,18). The van der Waals surface area contributed by atoms with Crippen molar-refractivity contribution >= 4 is 5.95 Å². The van der Waals surface area contributed by atoms with Gasteiger partial charge in [-0.2, -0.15) is 4.98 Å². The molecule has 2 N–H and O–H groups in total. The van der Waals surface area contributed by atoms with Gasteiger partial charge in [0.1, 0.15) is 5.75 Å². The number of rotatable bonds is 3. The molecule has 20 heavy (non-hydrogen) atoms. The zero-order chi connectivity index (χ0) is 13.9. The average Bonchev–Trinajstić information content (AvgIpc) is 2.97. The van der Waals surface area contributed by atoms with Crippen molar-refractivity contribution in [2.45, 2.75) is 13.0 Å². The van der Waals surface area contributed by atoms with Crippen molar-refractivity contribution in [1.82, 2.24) is 20.5 Å². The molecule has 0 saturated carbocycles. The summed E-state index contributed by atoms with van der Waals surface area (Å²) < 4.78 is 5.36. The lowest BCUT2D eigenvalue weighted by Gasteiger charge is -2.30. The Bertz CT molecular complexity index is 582. The molecule has 106 valence electrons. The predicted octanol–water partition coefficient (Wildman–Crippen LogP) is 1.28. The number of benzene rings is 1. The summed E-state index contributed by atoms with van der Waals surface area (Å²) in [5.74, 6) is 2.28. The molecule has 1 saturated heterocycles. The first-order valence-corrected chi connectivity index (χ1v) is 6.82. The number of para-hydroxylation sites is 1. The highest BCUT2D eigenvalue weighted by Crippen LogP contribution is 2.27. The predicted molar refractivity (Wildman–Crippen MR) is 78.0 cm³/mol. The molecule has 0 spiro atoms. The number of hydrogen-bond donors (Lipinski definition) is 2. The van der Waals surface area contributed by atoms with Gasteiger partial charge in [-0.1, -0.05) is 12.1 Å². The van der Waals surface area contributed by atoms with Crippen molar-refractivity contribution in [3.8, 4) is 17.1 Å². The molecule has 1 aliphatic rings. The van der Waals surface area contributed by atoms with Gasteiger partial charge in [0.05, 0.1) is 12.7 Å². The second-order valence-corrected chi connectivity index (χ2v) is 4.99. The Balaban J connectivity index is 1.86. The van der Waals surface area contributed by atoms with Gasteiger partial charge in [0.15, 0.2) is 5.82 Å². The molecule has 0 amide bonds. The number of ether oxygens (including phenoxy) is 1. The first kappa shape index (κ1) is 12.9. The second-order valence-electron chi connectivity index (χ2n) is 4.99. The van der Waals surface area contributed by atoms with Crippen molar-refractivity contribution in [1.29, 1.82) is 0 Å². The van der Waals surface area contributed by atoms with Gasteiger partial charge < -0.3 is 15.0 Å². The third-order valence-corrected chi connectivity index (χ3v) is 3.49. The molecule has 1 unspecified atom stereocenters. The first-order chi connectivity index (χ1) is 9.78. The number of piperazine rings is 1. The highest BCUT2D eigenvalue weighted by molar-refractivity contribution is 5.64. The maximum absolute atomic E-state index is 5.36. The van der Waals surface area contributed by atoms with Crippen molar-refractivity contribution in [2.75, 3.05) is 31.6 Å². The monoisotopic (exact) mass is 273 g/mol. The van der Waals surface area contributed by atoms with Crippen molar-refractivity contribution in [3.05, 3.63) is 24.3 Å².